The van der Waals surface area contributed by atoms with Crippen LogP contribution in [0.3, 0.4) is 0 Å². The summed E-state index contributed by atoms with van der Waals surface area (Å²) in [5.74, 6) is -1.36. The topological polar surface area (TPSA) is 86.9 Å². The van der Waals surface area contributed by atoms with Gasteiger partial charge in [-0.2, -0.15) is 4.39 Å². The highest BCUT2D eigenvalue weighted by Gasteiger charge is 2.24. The number of carbonyl (C=O) groups is 1. The fourth-order valence-corrected chi connectivity index (χ4v) is 2.67. The maximum absolute atomic E-state index is 14.5. The number of aromatic nitrogens is 2. The molecule has 2 atom stereocenters. The molecule has 0 saturated carbocycles. The number of phenolic OH excluding ortho intramolecular Hbond substituents is 1. The van der Waals surface area contributed by atoms with E-state index in [1.165, 1.54) is 16.5 Å². The molecule has 130 valence electrons. The van der Waals surface area contributed by atoms with Crippen LogP contribution in [-0.4, -0.2) is 31.5 Å². The first-order valence-electron chi connectivity index (χ1n) is 7.80. The van der Waals surface area contributed by atoms with Gasteiger partial charge in [0.2, 0.25) is 5.95 Å². The van der Waals surface area contributed by atoms with Crippen molar-refractivity contribution in [1.29, 1.82) is 0 Å². The summed E-state index contributed by atoms with van der Waals surface area (Å²) in [6, 6.07) is 10.4. The largest absolute Gasteiger partial charge is 0.508 e. The molecule has 0 aliphatic heterocycles. The summed E-state index contributed by atoms with van der Waals surface area (Å²) in [5.41, 5.74) is 1.17. The molecule has 25 heavy (non-hydrogen) atoms. The molecule has 0 aliphatic carbocycles. The van der Waals surface area contributed by atoms with Gasteiger partial charge in [-0.25, -0.2) is 4.98 Å². The predicted octanol–water partition coefficient (Wildman–Crippen LogP) is 2.34. The van der Waals surface area contributed by atoms with Gasteiger partial charge in [0.25, 0.3) is 5.91 Å². The van der Waals surface area contributed by atoms with Crippen molar-refractivity contribution in [3.63, 3.8) is 0 Å². The second-order valence-electron chi connectivity index (χ2n) is 5.91. The van der Waals surface area contributed by atoms with Crippen LogP contribution in [0.2, 0.25) is 0 Å². The summed E-state index contributed by atoms with van der Waals surface area (Å²) in [7, 11) is 0. The van der Waals surface area contributed by atoms with Gasteiger partial charge in [0.15, 0.2) is 5.69 Å². The Morgan fingerprint density at radius 1 is 1.24 bits per heavy atom. The lowest BCUT2D eigenvalue weighted by molar-refractivity contribution is 0.0843. The Morgan fingerprint density at radius 3 is 2.56 bits per heavy atom. The number of hydrogen-bond acceptors (Lipinski definition) is 4. The summed E-state index contributed by atoms with van der Waals surface area (Å²) in [6.45, 7) is 3.32. The van der Waals surface area contributed by atoms with Crippen LogP contribution in [0.1, 0.15) is 34.8 Å². The number of halogens is 1. The van der Waals surface area contributed by atoms with E-state index in [2.05, 4.69) is 10.3 Å². The van der Waals surface area contributed by atoms with Crippen molar-refractivity contribution in [3.05, 3.63) is 65.4 Å². The van der Waals surface area contributed by atoms with E-state index in [1.54, 1.807) is 44.2 Å². The number of benzene rings is 1. The molecule has 0 fully saturated rings. The molecule has 2 heterocycles. The molecule has 2 aromatic heterocycles. The standard InChI is InChI=1S/C18H18FN3O3/c1-10-4-3-5-14-21-15(17(19)22(10)14)18(25)20-11(2)16(24)12-6-8-13(23)9-7-12/h3-9,11,16,23-24H,1-2H3,(H,20,25)/t11-,16-/m1/s1. The molecular weight excluding hydrogens is 325 g/mol. The highest BCUT2D eigenvalue weighted by Crippen LogP contribution is 2.20. The third-order valence-corrected chi connectivity index (χ3v) is 4.06. The average Bonchev–Trinajstić information content (AvgIpc) is 2.93. The number of hydrogen-bond donors (Lipinski definition) is 3. The Bertz CT molecular complexity index is 921. The summed E-state index contributed by atoms with van der Waals surface area (Å²) >= 11 is 0. The first-order valence-corrected chi connectivity index (χ1v) is 7.80. The van der Waals surface area contributed by atoms with E-state index in [4.69, 9.17) is 0 Å². The summed E-state index contributed by atoms with van der Waals surface area (Å²) in [5, 5.41) is 22.2. The first-order chi connectivity index (χ1) is 11.9. The normalized spacial score (nSPS) is 13.6. The van der Waals surface area contributed by atoms with Crippen LogP contribution < -0.4 is 5.32 Å². The van der Waals surface area contributed by atoms with Crippen molar-refractivity contribution in [2.75, 3.05) is 0 Å². The van der Waals surface area contributed by atoms with Crippen LogP contribution in [0.4, 0.5) is 4.39 Å². The molecule has 3 N–H and O–H groups in total. The van der Waals surface area contributed by atoms with Crippen molar-refractivity contribution in [1.82, 2.24) is 14.7 Å². The van der Waals surface area contributed by atoms with Gasteiger partial charge >= 0.3 is 0 Å². The zero-order valence-electron chi connectivity index (χ0n) is 13.8. The van der Waals surface area contributed by atoms with E-state index in [0.717, 1.165) is 0 Å². The fraction of sp³-hybridized carbons (Fsp3) is 0.222. The Balaban J connectivity index is 1.81. The summed E-state index contributed by atoms with van der Waals surface area (Å²) in [4.78, 5) is 16.4. The zero-order valence-corrected chi connectivity index (χ0v) is 13.8. The molecule has 1 aromatic carbocycles. The van der Waals surface area contributed by atoms with Crippen molar-refractivity contribution < 1.29 is 19.4 Å². The number of aryl methyl sites for hydroxylation is 1. The van der Waals surface area contributed by atoms with E-state index >= 15 is 0 Å². The van der Waals surface area contributed by atoms with E-state index in [9.17, 15) is 19.4 Å². The van der Waals surface area contributed by atoms with Crippen molar-refractivity contribution in [2.24, 2.45) is 0 Å². The molecule has 1 amide bonds. The van der Waals surface area contributed by atoms with Crippen molar-refractivity contribution in [3.8, 4) is 5.75 Å². The molecular formula is C18H18FN3O3. The Kier molecular flexibility index (Phi) is 4.41. The van der Waals surface area contributed by atoms with Crippen LogP contribution in [0.15, 0.2) is 42.5 Å². The number of nitrogens with zero attached hydrogens (tertiary/aromatic N) is 2. The zero-order chi connectivity index (χ0) is 18.1. The number of amides is 1. The van der Waals surface area contributed by atoms with Crippen molar-refractivity contribution >= 4 is 11.6 Å². The molecule has 0 spiro atoms. The first kappa shape index (κ1) is 16.9. The van der Waals surface area contributed by atoms with Gasteiger partial charge in [-0.05, 0) is 43.7 Å². The molecule has 0 aliphatic rings. The summed E-state index contributed by atoms with van der Waals surface area (Å²) in [6.07, 6.45) is -1.01. The minimum absolute atomic E-state index is 0.0785. The highest BCUT2D eigenvalue weighted by atomic mass is 19.1. The van der Waals surface area contributed by atoms with Crippen LogP contribution in [-0.2, 0) is 0 Å². The number of aromatic hydroxyl groups is 1. The monoisotopic (exact) mass is 343 g/mol. The number of phenols is 1. The number of carbonyl (C=O) groups excluding carboxylic acids is 1. The molecule has 3 rings (SSSR count). The number of nitrogens with one attached hydrogen (secondary N) is 1. The van der Waals surface area contributed by atoms with E-state index in [1.807, 2.05) is 0 Å². The predicted molar refractivity (Wildman–Crippen MR) is 89.9 cm³/mol. The molecule has 7 heteroatoms. The molecule has 0 bridgehead atoms. The average molecular weight is 343 g/mol. The summed E-state index contributed by atoms with van der Waals surface area (Å²) < 4.78 is 15.8. The van der Waals surface area contributed by atoms with Crippen LogP contribution in [0.25, 0.3) is 5.65 Å². The van der Waals surface area contributed by atoms with Gasteiger partial charge in [0.05, 0.1) is 12.1 Å². The quantitative estimate of drug-likeness (QED) is 0.679. The third kappa shape index (κ3) is 3.18. The Labute approximate surface area is 143 Å². The molecule has 0 unspecified atom stereocenters. The Hall–Kier alpha value is -2.93. The number of rotatable bonds is 4. The van der Waals surface area contributed by atoms with E-state index in [0.29, 0.717) is 16.9 Å². The van der Waals surface area contributed by atoms with Gasteiger partial charge in [-0.3, -0.25) is 9.20 Å². The van der Waals surface area contributed by atoms with Crippen molar-refractivity contribution in [2.45, 2.75) is 26.0 Å². The number of pyridine rings is 1. The Morgan fingerprint density at radius 2 is 1.92 bits per heavy atom. The fourth-order valence-electron chi connectivity index (χ4n) is 2.67. The SMILES string of the molecule is Cc1cccc2nc(C(=O)N[C@H](C)[C@@H](O)c3ccc(O)cc3)c(F)n12. The lowest BCUT2D eigenvalue weighted by Gasteiger charge is -2.20. The van der Waals surface area contributed by atoms with Gasteiger partial charge in [0.1, 0.15) is 11.4 Å². The van der Waals surface area contributed by atoms with Gasteiger partial charge in [0, 0.05) is 5.69 Å². The minimum Gasteiger partial charge on any atom is -0.508 e. The number of fused-ring (bicyclic) bond motifs is 1. The van der Waals surface area contributed by atoms with Crippen LogP contribution >= 0.6 is 0 Å². The maximum Gasteiger partial charge on any atom is 0.274 e. The molecule has 6 nitrogen and oxygen atoms in total. The molecule has 0 radical (unpaired) electrons. The molecule has 0 saturated heterocycles. The van der Waals surface area contributed by atoms with Gasteiger partial charge in [-0.1, -0.05) is 18.2 Å². The second kappa shape index (κ2) is 6.52. The minimum atomic E-state index is -1.01. The maximum atomic E-state index is 14.5. The van der Waals surface area contributed by atoms with E-state index in [-0.39, 0.29) is 11.4 Å². The van der Waals surface area contributed by atoms with Gasteiger partial charge in [-0.15, -0.1) is 0 Å². The van der Waals surface area contributed by atoms with Crippen LogP contribution in [0, 0.1) is 12.9 Å². The second-order valence-corrected chi connectivity index (χ2v) is 5.91. The molecule has 3 aromatic rings. The highest BCUT2D eigenvalue weighted by molar-refractivity contribution is 5.93. The van der Waals surface area contributed by atoms with E-state index < -0.39 is 24.0 Å². The van der Waals surface area contributed by atoms with Crippen LogP contribution in [0.5, 0.6) is 5.75 Å². The lowest BCUT2D eigenvalue weighted by atomic mass is 10.0. The number of aliphatic hydroxyl groups is 1. The third-order valence-electron chi connectivity index (χ3n) is 4.06. The lowest BCUT2D eigenvalue weighted by Crippen LogP contribution is -2.37. The number of imidazole rings is 1. The smallest absolute Gasteiger partial charge is 0.274 e. The van der Waals surface area contributed by atoms with Gasteiger partial charge < -0.3 is 15.5 Å². The number of aliphatic hydroxyl groups excluding tert-OH is 1.